The molecule has 1 heterocycles. The zero-order chi connectivity index (χ0) is 13.3. The molecule has 1 aromatic rings. The number of benzene rings is 1. The van der Waals surface area contributed by atoms with Gasteiger partial charge in [0, 0.05) is 18.2 Å². The lowest BCUT2D eigenvalue weighted by Gasteiger charge is -2.28. The Kier molecular flexibility index (Phi) is 3.69. The average Bonchev–Trinajstić information content (AvgIpc) is 2.77. The minimum atomic E-state index is -0.286. The Morgan fingerprint density at radius 1 is 1.44 bits per heavy atom. The van der Waals surface area contributed by atoms with Gasteiger partial charge in [-0.05, 0) is 49.4 Å². The smallest absolute Gasteiger partial charge is 0.254 e. The summed E-state index contributed by atoms with van der Waals surface area (Å²) in [7, 11) is 0. The van der Waals surface area contributed by atoms with Crippen molar-refractivity contribution >= 4 is 5.91 Å². The number of halogens is 1. The molecule has 1 aliphatic rings. The number of rotatable bonds is 2. The van der Waals surface area contributed by atoms with Crippen LogP contribution in [0.3, 0.4) is 0 Å². The maximum Gasteiger partial charge on any atom is 0.254 e. The Labute approximate surface area is 108 Å². The van der Waals surface area contributed by atoms with Crippen molar-refractivity contribution in [3.05, 3.63) is 35.1 Å². The number of nitrogens with zero attached hydrogens (tertiary/aromatic N) is 1. The van der Waals surface area contributed by atoms with Crippen LogP contribution in [-0.2, 0) is 0 Å². The fourth-order valence-corrected chi connectivity index (χ4v) is 2.76. The average molecular weight is 249 g/mol. The summed E-state index contributed by atoms with van der Waals surface area (Å²) in [4.78, 5) is 14.4. The normalized spacial score (nSPS) is 19.6. The van der Waals surface area contributed by atoms with Crippen LogP contribution >= 0.6 is 0 Å². The van der Waals surface area contributed by atoms with Gasteiger partial charge >= 0.3 is 0 Å². The molecule has 18 heavy (non-hydrogen) atoms. The van der Waals surface area contributed by atoms with Gasteiger partial charge in [0.25, 0.3) is 5.91 Å². The van der Waals surface area contributed by atoms with Crippen LogP contribution in [0.5, 0.6) is 0 Å². The maximum atomic E-state index is 13.1. The zero-order valence-electron chi connectivity index (χ0n) is 11.2. The number of hydrogen-bond acceptors (Lipinski definition) is 1. The molecule has 0 radical (unpaired) electrons. The molecule has 98 valence electrons. The van der Waals surface area contributed by atoms with Crippen molar-refractivity contribution < 1.29 is 9.18 Å². The van der Waals surface area contributed by atoms with E-state index in [1.165, 1.54) is 12.1 Å². The lowest BCUT2D eigenvalue weighted by atomic mass is 10.0. The highest BCUT2D eigenvalue weighted by atomic mass is 19.1. The number of aryl methyl sites for hydroxylation is 1. The quantitative estimate of drug-likeness (QED) is 0.786. The van der Waals surface area contributed by atoms with Gasteiger partial charge in [0.15, 0.2) is 0 Å². The topological polar surface area (TPSA) is 20.3 Å². The van der Waals surface area contributed by atoms with Crippen LogP contribution in [-0.4, -0.2) is 23.4 Å². The van der Waals surface area contributed by atoms with Crippen molar-refractivity contribution in [3.8, 4) is 0 Å². The second kappa shape index (κ2) is 5.09. The van der Waals surface area contributed by atoms with E-state index in [0.717, 1.165) is 24.9 Å². The van der Waals surface area contributed by atoms with E-state index < -0.39 is 0 Å². The van der Waals surface area contributed by atoms with Gasteiger partial charge in [0.05, 0.1) is 0 Å². The monoisotopic (exact) mass is 249 g/mol. The van der Waals surface area contributed by atoms with E-state index in [4.69, 9.17) is 0 Å². The Morgan fingerprint density at radius 3 is 2.78 bits per heavy atom. The first-order valence-corrected chi connectivity index (χ1v) is 6.58. The molecule has 0 saturated carbocycles. The molecule has 1 saturated heterocycles. The van der Waals surface area contributed by atoms with Gasteiger partial charge in [-0.3, -0.25) is 4.79 Å². The van der Waals surface area contributed by atoms with Crippen molar-refractivity contribution in [1.29, 1.82) is 0 Å². The summed E-state index contributed by atoms with van der Waals surface area (Å²) in [5, 5.41) is 0. The second-order valence-corrected chi connectivity index (χ2v) is 5.41. The number of amides is 1. The first kappa shape index (κ1) is 13.1. The molecule has 1 unspecified atom stereocenters. The summed E-state index contributed by atoms with van der Waals surface area (Å²) < 4.78 is 13.1. The molecule has 1 atom stereocenters. The molecule has 0 bridgehead atoms. The van der Waals surface area contributed by atoms with Crippen LogP contribution < -0.4 is 0 Å². The summed E-state index contributed by atoms with van der Waals surface area (Å²) in [6.45, 7) is 6.90. The van der Waals surface area contributed by atoms with E-state index in [1.54, 1.807) is 13.0 Å². The largest absolute Gasteiger partial charge is 0.335 e. The molecule has 0 spiro atoms. The molecule has 3 heteroatoms. The van der Waals surface area contributed by atoms with E-state index in [-0.39, 0.29) is 11.7 Å². The third-order valence-corrected chi connectivity index (χ3v) is 3.75. The van der Waals surface area contributed by atoms with Crippen molar-refractivity contribution in [1.82, 2.24) is 4.90 Å². The van der Waals surface area contributed by atoms with Gasteiger partial charge in [0.2, 0.25) is 0 Å². The van der Waals surface area contributed by atoms with Crippen molar-refractivity contribution in [3.63, 3.8) is 0 Å². The lowest BCUT2D eigenvalue weighted by Crippen LogP contribution is -2.38. The number of likely N-dealkylation sites (tertiary alicyclic amines) is 1. The van der Waals surface area contributed by atoms with Gasteiger partial charge in [-0.25, -0.2) is 4.39 Å². The first-order valence-electron chi connectivity index (χ1n) is 6.58. The minimum absolute atomic E-state index is 0.0451. The van der Waals surface area contributed by atoms with Gasteiger partial charge in [-0.2, -0.15) is 0 Å². The predicted molar refractivity (Wildman–Crippen MR) is 70.0 cm³/mol. The molecule has 1 amide bonds. The molecule has 1 aliphatic heterocycles. The van der Waals surface area contributed by atoms with Crippen molar-refractivity contribution in [2.75, 3.05) is 6.54 Å². The number of hydrogen-bond donors (Lipinski definition) is 0. The molecule has 0 aliphatic carbocycles. The third-order valence-electron chi connectivity index (χ3n) is 3.75. The third kappa shape index (κ3) is 2.40. The Bertz CT molecular complexity index is 456. The fraction of sp³-hybridized carbons (Fsp3) is 0.533. The van der Waals surface area contributed by atoms with Crippen LogP contribution in [0.25, 0.3) is 0 Å². The van der Waals surface area contributed by atoms with Crippen LogP contribution in [0.1, 0.15) is 42.6 Å². The molecular weight excluding hydrogens is 229 g/mol. The van der Waals surface area contributed by atoms with Crippen molar-refractivity contribution in [2.45, 2.75) is 39.7 Å². The van der Waals surface area contributed by atoms with E-state index in [1.807, 2.05) is 4.90 Å². The Balaban J connectivity index is 2.25. The minimum Gasteiger partial charge on any atom is -0.335 e. The lowest BCUT2D eigenvalue weighted by molar-refractivity contribution is 0.0701. The fourth-order valence-electron chi connectivity index (χ4n) is 2.76. The molecule has 0 aromatic heterocycles. The highest BCUT2D eigenvalue weighted by Crippen LogP contribution is 2.26. The van der Waals surface area contributed by atoms with Gasteiger partial charge in [-0.15, -0.1) is 0 Å². The van der Waals surface area contributed by atoms with Gasteiger partial charge < -0.3 is 4.90 Å². The molecule has 1 aromatic carbocycles. The molecular formula is C15H20FNO. The molecule has 2 rings (SSSR count). The highest BCUT2D eigenvalue weighted by Gasteiger charge is 2.31. The predicted octanol–water partition coefficient (Wildman–Crippen LogP) is 3.39. The van der Waals surface area contributed by atoms with E-state index >= 15 is 0 Å². The van der Waals surface area contributed by atoms with Crippen LogP contribution in [0, 0.1) is 18.7 Å². The number of carbonyl (C=O) groups is 1. The number of carbonyl (C=O) groups excluding carboxylic acids is 1. The van der Waals surface area contributed by atoms with Crippen LogP contribution in [0.15, 0.2) is 18.2 Å². The van der Waals surface area contributed by atoms with Crippen molar-refractivity contribution in [2.24, 2.45) is 5.92 Å². The van der Waals surface area contributed by atoms with E-state index in [0.29, 0.717) is 17.5 Å². The summed E-state index contributed by atoms with van der Waals surface area (Å²) in [6.07, 6.45) is 2.14. The molecule has 1 fully saturated rings. The first-order chi connectivity index (χ1) is 8.50. The van der Waals surface area contributed by atoms with E-state index in [2.05, 4.69) is 13.8 Å². The second-order valence-electron chi connectivity index (χ2n) is 5.41. The Hall–Kier alpha value is -1.38. The SMILES string of the molecule is Cc1cc(F)ccc1C(=O)N1CCCC1C(C)C. The zero-order valence-corrected chi connectivity index (χ0v) is 11.2. The maximum absolute atomic E-state index is 13.1. The standard InChI is InChI=1S/C15H20FNO/c1-10(2)14-5-4-8-17(14)15(18)13-7-6-12(16)9-11(13)3/h6-7,9-10,14H,4-5,8H2,1-3H3. The summed E-state index contributed by atoms with van der Waals surface area (Å²) in [5.74, 6) is 0.229. The van der Waals surface area contributed by atoms with Crippen LogP contribution in [0.4, 0.5) is 4.39 Å². The summed E-state index contributed by atoms with van der Waals surface area (Å²) in [5.41, 5.74) is 1.35. The molecule has 2 nitrogen and oxygen atoms in total. The Morgan fingerprint density at radius 2 is 2.17 bits per heavy atom. The summed E-state index contributed by atoms with van der Waals surface area (Å²) in [6, 6.07) is 4.71. The van der Waals surface area contributed by atoms with E-state index in [9.17, 15) is 9.18 Å². The summed E-state index contributed by atoms with van der Waals surface area (Å²) >= 11 is 0. The van der Waals surface area contributed by atoms with Gasteiger partial charge in [0.1, 0.15) is 5.82 Å². The van der Waals surface area contributed by atoms with Gasteiger partial charge in [-0.1, -0.05) is 13.8 Å². The molecule has 0 N–H and O–H groups in total. The van der Waals surface area contributed by atoms with Crippen LogP contribution in [0.2, 0.25) is 0 Å². The highest BCUT2D eigenvalue weighted by molar-refractivity contribution is 5.96.